The molecule has 234 valence electrons. The number of hydrogen-bond donors (Lipinski definition) is 1. The first-order chi connectivity index (χ1) is 21.8. The minimum Gasteiger partial charge on any atom is -0.388 e. The summed E-state index contributed by atoms with van der Waals surface area (Å²) in [5, 5.41) is 12.0. The van der Waals surface area contributed by atoms with Gasteiger partial charge in [-0.1, -0.05) is 60.7 Å². The second kappa shape index (κ2) is 11.9. The van der Waals surface area contributed by atoms with Crippen molar-refractivity contribution in [2.75, 3.05) is 26.2 Å². The van der Waals surface area contributed by atoms with Gasteiger partial charge in [-0.2, -0.15) is 0 Å². The van der Waals surface area contributed by atoms with Gasteiger partial charge < -0.3 is 19.5 Å². The van der Waals surface area contributed by atoms with Crippen LogP contribution < -0.4 is 5.56 Å². The van der Waals surface area contributed by atoms with Gasteiger partial charge in [0, 0.05) is 57.2 Å². The summed E-state index contributed by atoms with van der Waals surface area (Å²) >= 11 is 0. The number of carbonyl (C=O) groups is 2. The molecule has 4 heterocycles. The van der Waals surface area contributed by atoms with E-state index in [-0.39, 0.29) is 41.7 Å². The summed E-state index contributed by atoms with van der Waals surface area (Å²) in [7, 11) is 1.85. The van der Waals surface area contributed by atoms with E-state index in [9.17, 15) is 19.5 Å². The zero-order chi connectivity index (χ0) is 31.1. The number of aryl methyl sites for hydroxylation is 1. The first-order valence-electron chi connectivity index (χ1n) is 16.2. The summed E-state index contributed by atoms with van der Waals surface area (Å²) in [6.45, 7) is 2.12. The van der Waals surface area contributed by atoms with E-state index >= 15 is 0 Å². The SMILES string of the molecule is Cn1ccc2c(=O)n(CC3(O)CCN(C(=O)[C@@H]4CCN(C(=O)C5CC(c6ccccc6)C5)C[C@H]4c4ccccc4)CC3)cnc21. The largest absolute Gasteiger partial charge is 0.388 e. The number of aliphatic hydroxyl groups is 1. The highest BCUT2D eigenvalue weighted by Crippen LogP contribution is 2.44. The Morgan fingerprint density at radius 2 is 1.56 bits per heavy atom. The van der Waals surface area contributed by atoms with Gasteiger partial charge in [0.25, 0.3) is 5.56 Å². The number of hydrogen-bond acceptors (Lipinski definition) is 5. The number of aromatic nitrogens is 3. The number of fused-ring (bicyclic) bond motifs is 1. The van der Waals surface area contributed by atoms with Crippen LogP contribution in [0.4, 0.5) is 0 Å². The molecule has 1 saturated carbocycles. The minimum absolute atomic E-state index is 0.0453. The maximum atomic E-state index is 14.1. The van der Waals surface area contributed by atoms with Gasteiger partial charge in [0.15, 0.2) is 0 Å². The van der Waals surface area contributed by atoms with Gasteiger partial charge in [-0.3, -0.25) is 19.0 Å². The first-order valence-corrected chi connectivity index (χ1v) is 16.2. The number of rotatable bonds is 6. The smallest absolute Gasteiger partial charge is 0.262 e. The Labute approximate surface area is 263 Å². The molecule has 2 aromatic heterocycles. The molecule has 0 spiro atoms. The highest BCUT2D eigenvalue weighted by molar-refractivity contribution is 5.83. The minimum atomic E-state index is -1.10. The molecule has 9 heteroatoms. The third-order valence-corrected chi connectivity index (χ3v) is 10.5. The zero-order valence-corrected chi connectivity index (χ0v) is 25.8. The quantitative estimate of drug-likeness (QED) is 0.358. The van der Waals surface area contributed by atoms with Gasteiger partial charge in [-0.05, 0) is 55.2 Å². The van der Waals surface area contributed by atoms with E-state index in [0.717, 1.165) is 18.4 Å². The van der Waals surface area contributed by atoms with E-state index < -0.39 is 5.60 Å². The van der Waals surface area contributed by atoms with Crippen LogP contribution in [-0.2, 0) is 23.2 Å². The lowest BCUT2D eigenvalue weighted by atomic mass is 9.70. The van der Waals surface area contributed by atoms with Crippen LogP contribution in [0, 0.1) is 11.8 Å². The van der Waals surface area contributed by atoms with Gasteiger partial charge in [-0.15, -0.1) is 0 Å². The van der Waals surface area contributed by atoms with Crippen LogP contribution in [0.2, 0.25) is 0 Å². The number of carbonyl (C=O) groups excluding carboxylic acids is 2. The Bertz CT molecular complexity index is 1740. The molecule has 0 bridgehead atoms. The molecular formula is C36H41N5O4. The lowest BCUT2D eigenvalue weighted by Gasteiger charge is -2.45. The Morgan fingerprint density at radius 3 is 2.24 bits per heavy atom. The molecule has 1 N–H and O–H groups in total. The standard InChI is InChI=1S/C36H41N5O4/c1-38-16-12-30-32(38)37-24-41(35(30)44)23-36(45)14-18-39(19-15-36)34(43)29-13-17-40(22-31(29)26-10-6-3-7-11-26)33(42)28-20-27(21-28)25-8-4-2-5-9-25/h2-12,16,24,27-29,31,45H,13-15,17-23H2,1H3/t27?,28?,29-,31+/m1/s1. The summed E-state index contributed by atoms with van der Waals surface area (Å²) in [5.41, 5.74) is 1.74. The maximum absolute atomic E-state index is 14.1. The van der Waals surface area contributed by atoms with Crippen molar-refractivity contribution in [3.8, 4) is 0 Å². The van der Waals surface area contributed by atoms with Crippen molar-refractivity contribution in [3.05, 3.63) is 101 Å². The lowest BCUT2D eigenvalue weighted by molar-refractivity contribution is -0.148. The van der Waals surface area contributed by atoms with Gasteiger partial charge in [0.1, 0.15) is 12.0 Å². The summed E-state index contributed by atoms with van der Waals surface area (Å²) < 4.78 is 3.29. The molecular weight excluding hydrogens is 566 g/mol. The van der Waals surface area contributed by atoms with E-state index in [1.54, 1.807) is 16.8 Å². The van der Waals surface area contributed by atoms with E-state index in [2.05, 4.69) is 41.4 Å². The molecule has 7 rings (SSSR count). The Balaban J connectivity index is 1.00. The summed E-state index contributed by atoms with van der Waals surface area (Å²) in [4.78, 5) is 49.0. The highest BCUT2D eigenvalue weighted by Gasteiger charge is 2.44. The van der Waals surface area contributed by atoms with Gasteiger partial charge in [0.2, 0.25) is 11.8 Å². The van der Waals surface area contributed by atoms with E-state index in [4.69, 9.17) is 0 Å². The molecule has 0 unspecified atom stereocenters. The van der Waals surface area contributed by atoms with Crippen molar-refractivity contribution in [2.45, 2.75) is 56.1 Å². The van der Waals surface area contributed by atoms with Crippen LogP contribution in [0.15, 0.2) is 84.0 Å². The fraction of sp³-hybridized carbons (Fsp3) is 0.444. The van der Waals surface area contributed by atoms with Crippen molar-refractivity contribution in [1.82, 2.24) is 23.9 Å². The number of amides is 2. The monoisotopic (exact) mass is 607 g/mol. The van der Waals surface area contributed by atoms with Gasteiger partial charge in [-0.25, -0.2) is 4.98 Å². The maximum Gasteiger partial charge on any atom is 0.262 e. The molecule has 1 aliphatic carbocycles. The normalized spacial score (nSPS) is 24.8. The highest BCUT2D eigenvalue weighted by atomic mass is 16.3. The van der Waals surface area contributed by atoms with Crippen molar-refractivity contribution < 1.29 is 14.7 Å². The predicted octanol–water partition coefficient (Wildman–Crippen LogP) is 3.91. The Kier molecular flexibility index (Phi) is 7.81. The van der Waals surface area contributed by atoms with Crippen LogP contribution in [0.3, 0.4) is 0 Å². The summed E-state index contributed by atoms with van der Waals surface area (Å²) in [5.74, 6) is 0.491. The van der Waals surface area contributed by atoms with E-state index in [1.807, 2.05) is 41.1 Å². The van der Waals surface area contributed by atoms with Gasteiger partial charge >= 0.3 is 0 Å². The van der Waals surface area contributed by atoms with Gasteiger partial charge in [0.05, 0.1) is 17.5 Å². The van der Waals surface area contributed by atoms with Crippen LogP contribution in [-0.4, -0.2) is 72.6 Å². The molecule has 0 radical (unpaired) electrons. The molecule has 4 aromatic rings. The second-order valence-corrected chi connectivity index (χ2v) is 13.4. The number of likely N-dealkylation sites (tertiary alicyclic amines) is 2. The fourth-order valence-electron chi connectivity index (χ4n) is 7.71. The van der Waals surface area contributed by atoms with E-state index in [0.29, 0.717) is 62.4 Å². The Hall–Kier alpha value is -4.24. The molecule has 45 heavy (non-hydrogen) atoms. The number of benzene rings is 2. The van der Waals surface area contributed by atoms with E-state index in [1.165, 1.54) is 16.5 Å². The van der Waals surface area contributed by atoms with Crippen molar-refractivity contribution >= 4 is 22.8 Å². The zero-order valence-electron chi connectivity index (χ0n) is 25.8. The molecule has 3 aliphatic rings. The lowest BCUT2D eigenvalue weighted by Crippen LogP contribution is -2.54. The third kappa shape index (κ3) is 5.70. The van der Waals surface area contributed by atoms with Crippen molar-refractivity contribution in [1.29, 1.82) is 0 Å². The molecule has 2 aromatic carbocycles. The molecule has 2 amide bonds. The topological polar surface area (TPSA) is 101 Å². The van der Waals surface area contributed by atoms with Crippen LogP contribution in [0.5, 0.6) is 0 Å². The summed E-state index contributed by atoms with van der Waals surface area (Å²) in [6.07, 6.45) is 6.47. The first kappa shape index (κ1) is 29.5. The number of nitrogens with zero attached hydrogens (tertiary/aromatic N) is 5. The van der Waals surface area contributed by atoms with Crippen molar-refractivity contribution in [3.63, 3.8) is 0 Å². The van der Waals surface area contributed by atoms with Crippen molar-refractivity contribution in [2.24, 2.45) is 18.9 Å². The summed E-state index contributed by atoms with van der Waals surface area (Å²) in [6, 6.07) is 22.3. The average Bonchev–Trinajstić information content (AvgIpc) is 3.43. The molecule has 2 atom stereocenters. The Morgan fingerprint density at radius 1 is 0.889 bits per heavy atom. The second-order valence-electron chi connectivity index (χ2n) is 13.4. The average molecular weight is 608 g/mol. The molecule has 3 fully saturated rings. The van der Waals surface area contributed by atoms with Crippen LogP contribution >= 0.6 is 0 Å². The predicted molar refractivity (Wildman–Crippen MR) is 172 cm³/mol. The molecule has 9 nitrogen and oxygen atoms in total. The molecule has 2 saturated heterocycles. The van der Waals surface area contributed by atoms with Crippen LogP contribution in [0.1, 0.15) is 55.1 Å². The van der Waals surface area contributed by atoms with Crippen LogP contribution in [0.25, 0.3) is 11.0 Å². The number of piperidine rings is 2. The third-order valence-electron chi connectivity index (χ3n) is 10.5. The fourth-order valence-corrected chi connectivity index (χ4v) is 7.71. The molecule has 2 aliphatic heterocycles.